The van der Waals surface area contributed by atoms with Crippen molar-refractivity contribution >= 4 is 27.5 Å². The first-order chi connectivity index (χ1) is 9.35. The van der Waals surface area contributed by atoms with Gasteiger partial charge in [-0.3, -0.25) is 0 Å². The second-order valence-corrected chi connectivity index (χ2v) is 4.34. The third-order valence-electron chi connectivity index (χ3n) is 3.23. The van der Waals surface area contributed by atoms with Crippen molar-refractivity contribution in [2.45, 2.75) is 0 Å². The predicted molar refractivity (Wildman–Crippen MR) is 82.1 cm³/mol. The molecule has 0 unspecified atom stereocenters. The Labute approximate surface area is 112 Å². The largest absolute Gasteiger partial charge is 0.455 e. The van der Waals surface area contributed by atoms with Gasteiger partial charge in [0.1, 0.15) is 11.2 Å². The smallest absolute Gasteiger partial charge is 0.143 e. The highest BCUT2D eigenvalue weighted by Crippen LogP contribution is 2.33. The van der Waals surface area contributed by atoms with Gasteiger partial charge in [-0.05, 0) is 11.6 Å². The van der Waals surface area contributed by atoms with E-state index in [2.05, 4.69) is 25.3 Å². The summed E-state index contributed by atoms with van der Waals surface area (Å²) in [4.78, 5) is 0. The first kappa shape index (κ1) is 11.5. The van der Waals surface area contributed by atoms with Crippen molar-refractivity contribution in [2.24, 2.45) is 0 Å². The molecule has 1 heteroatoms. The van der Waals surface area contributed by atoms with Crippen molar-refractivity contribution < 1.29 is 4.42 Å². The lowest BCUT2D eigenvalue weighted by molar-refractivity contribution is 0.668. The van der Waals surface area contributed by atoms with Crippen molar-refractivity contribution in [3.63, 3.8) is 0 Å². The standard InChI is InChI=1S/C18H14O/c1-3-8-13(4-2)14-10-7-11-16-15-9-5-6-12-17(15)19-18(14)16/h3-12H,1-2H2/b13-8+. The van der Waals surface area contributed by atoms with Crippen molar-refractivity contribution in [3.8, 4) is 0 Å². The van der Waals surface area contributed by atoms with E-state index in [1.54, 1.807) is 6.08 Å². The zero-order valence-corrected chi connectivity index (χ0v) is 10.6. The summed E-state index contributed by atoms with van der Waals surface area (Å²) >= 11 is 0. The van der Waals surface area contributed by atoms with Crippen molar-refractivity contribution in [3.05, 3.63) is 79.4 Å². The average Bonchev–Trinajstić information content (AvgIpc) is 2.83. The van der Waals surface area contributed by atoms with Gasteiger partial charge in [0.15, 0.2) is 0 Å². The third-order valence-corrected chi connectivity index (χ3v) is 3.23. The lowest BCUT2D eigenvalue weighted by Crippen LogP contribution is -1.81. The molecule has 0 amide bonds. The van der Waals surface area contributed by atoms with Gasteiger partial charge in [-0.2, -0.15) is 0 Å². The molecule has 0 saturated heterocycles. The van der Waals surface area contributed by atoms with Gasteiger partial charge in [0.2, 0.25) is 0 Å². The number of furan rings is 1. The topological polar surface area (TPSA) is 13.1 Å². The van der Waals surface area contributed by atoms with E-state index in [1.165, 1.54) is 0 Å². The molecular formula is C18H14O. The Morgan fingerprint density at radius 1 is 0.947 bits per heavy atom. The van der Waals surface area contributed by atoms with Crippen molar-refractivity contribution in [1.82, 2.24) is 0 Å². The maximum atomic E-state index is 5.99. The zero-order chi connectivity index (χ0) is 13.2. The number of hydrogen-bond donors (Lipinski definition) is 0. The maximum Gasteiger partial charge on any atom is 0.143 e. The number of rotatable bonds is 3. The minimum atomic E-state index is 0.900. The first-order valence-corrected chi connectivity index (χ1v) is 6.21. The van der Waals surface area contributed by atoms with Crippen LogP contribution >= 0.6 is 0 Å². The molecule has 0 radical (unpaired) electrons. The molecule has 2 aromatic carbocycles. The molecule has 0 spiro atoms. The summed E-state index contributed by atoms with van der Waals surface area (Å²) < 4.78 is 5.99. The van der Waals surface area contributed by atoms with Crippen LogP contribution in [0.2, 0.25) is 0 Å². The van der Waals surface area contributed by atoms with E-state index in [4.69, 9.17) is 4.42 Å². The maximum absolute atomic E-state index is 5.99. The molecule has 1 heterocycles. The van der Waals surface area contributed by atoms with Gasteiger partial charge in [0.25, 0.3) is 0 Å². The molecule has 1 aromatic heterocycles. The minimum Gasteiger partial charge on any atom is -0.455 e. The van der Waals surface area contributed by atoms with E-state index in [-0.39, 0.29) is 0 Å². The van der Waals surface area contributed by atoms with Gasteiger partial charge in [0.05, 0.1) is 0 Å². The Kier molecular flexibility index (Phi) is 2.81. The van der Waals surface area contributed by atoms with Crippen LogP contribution in [0.25, 0.3) is 27.5 Å². The van der Waals surface area contributed by atoms with Gasteiger partial charge in [-0.15, -0.1) is 0 Å². The Bertz CT molecular complexity index is 803. The fourth-order valence-electron chi connectivity index (χ4n) is 2.37. The molecule has 19 heavy (non-hydrogen) atoms. The molecule has 0 fully saturated rings. The van der Waals surface area contributed by atoms with Crippen LogP contribution in [0.1, 0.15) is 5.56 Å². The Balaban J connectivity index is 2.41. The number of allylic oxidation sites excluding steroid dienone is 4. The van der Waals surface area contributed by atoms with Crippen LogP contribution in [0.4, 0.5) is 0 Å². The molecule has 0 aliphatic rings. The van der Waals surface area contributed by atoms with Crippen molar-refractivity contribution in [1.29, 1.82) is 0 Å². The summed E-state index contributed by atoms with van der Waals surface area (Å²) in [5, 5.41) is 2.27. The number of hydrogen-bond acceptors (Lipinski definition) is 1. The van der Waals surface area contributed by atoms with Gasteiger partial charge in [0, 0.05) is 16.3 Å². The molecule has 0 saturated carbocycles. The Morgan fingerprint density at radius 2 is 1.74 bits per heavy atom. The van der Waals surface area contributed by atoms with E-state index >= 15 is 0 Å². The van der Waals surface area contributed by atoms with Gasteiger partial charge in [-0.25, -0.2) is 0 Å². The molecule has 0 bridgehead atoms. The normalized spacial score (nSPS) is 11.9. The fraction of sp³-hybridized carbons (Fsp3) is 0. The van der Waals surface area contributed by atoms with Crippen LogP contribution in [-0.2, 0) is 0 Å². The zero-order valence-electron chi connectivity index (χ0n) is 10.6. The van der Waals surface area contributed by atoms with E-state index in [0.29, 0.717) is 0 Å². The van der Waals surface area contributed by atoms with Gasteiger partial charge in [-0.1, -0.05) is 67.8 Å². The molecule has 0 N–H and O–H groups in total. The highest BCUT2D eigenvalue weighted by molar-refractivity contribution is 6.08. The lowest BCUT2D eigenvalue weighted by Gasteiger charge is -2.02. The molecule has 0 atom stereocenters. The van der Waals surface area contributed by atoms with Gasteiger partial charge >= 0.3 is 0 Å². The second kappa shape index (κ2) is 4.62. The Hall–Kier alpha value is -2.54. The summed E-state index contributed by atoms with van der Waals surface area (Å²) in [5.74, 6) is 0. The number of benzene rings is 2. The number of para-hydroxylation sites is 2. The van der Waals surface area contributed by atoms with Crippen LogP contribution in [0.3, 0.4) is 0 Å². The van der Waals surface area contributed by atoms with E-state index < -0.39 is 0 Å². The van der Waals surface area contributed by atoms with Crippen LogP contribution in [0.5, 0.6) is 0 Å². The van der Waals surface area contributed by atoms with Crippen LogP contribution in [0.15, 0.2) is 78.3 Å². The summed E-state index contributed by atoms with van der Waals surface area (Å²) in [7, 11) is 0. The summed E-state index contributed by atoms with van der Waals surface area (Å²) in [5.41, 5.74) is 3.87. The molecular weight excluding hydrogens is 232 g/mol. The SMILES string of the molecule is C=C/C=C(\C=C)c1cccc2c1oc1ccccc12. The quantitative estimate of drug-likeness (QED) is 0.568. The third kappa shape index (κ3) is 1.80. The van der Waals surface area contributed by atoms with E-state index in [1.807, 2.05) is 42.5 Å². The molecule has 92 valence electrons. The van der Waals surface area contributed by atoms with Crippen molar-refractivity contribution in [2.75, 3.05) is 0 Å². The molecule has 3 rings (SSSR count). The molecule has 1 nitrogen and oxygen atoms in total. The summed E-state index contributed by atoms with van der Waals surface area (Å²) in [6.45, 7) is 7.60. The predicted octanol–water partition coefficient (Wildman–Crippen LogP) is 5.34. The highest BCUT2D eigenvalue weighted by atomic mass is 16.3. The first-order valence-electron chi connectivity index (χ1n) is 6.21. The monoisotopic (exact) mass is 246 g/mol. The minimum absolute atomic E-state index is 0.900. The van der Waals surface area contributed by atoms with Crippen LogP contribution in [0, 0.1) is 0 Å². The Morgan fingerprint density at radius 3 is 2.53 bits per heavy atom. The van der Waals surface area contributed by atoms with E-state index in [0.717, 1.165) is 33.1 Å². The van der Waals surface area contributed by atoms with Gasteiger partial charge < -0.3 is 4.42 Å². The molecule has 0 aliphatic heterocycles. The van der Waals surface area contributed by atoms with Crippen LogP contribution in [-0.4, -0.2) is 0 Å². The average molecular weight is 246 g/mol. The summed E-state index contributed by atoms with van der Waals surface area (Å²) in [6, 6.07) is 14.2. The molecule has 0 aliphatic carbocycles. The van der Waals surface area contributed by atoms with E-state index in [9.17, 15) is 0 Å². The van der Waals surface area contributed by atoms with Crippen LogP contribution < -0.4 is 0 Å². The molecule has 3 aromatic rings. The fourth-order valence-corrected chi connectivity index (χ4v) is 2.37. The lowest BCUT2D eigenvalue weighted by atomic mass is 10.0. The summed E-state index contributed by atoms with van der Waals surface area (Å²) in [6.07, 6.45) is 5.52. The number of fused-ring (bicyclic) bond motifs is 3. The second-order valence-electron chi connectivity index (χ2n) is 4.34. The highest BCUT2D eigenvalue weighted by Gasteiger charge is 2.11.